The number of fused-ring (bicyclic) bond motifs is 1. The van der Waals surface area contributed by atoms with Crippen LogP contribution >= 0.6 is 23.2 Å². The maximum Gasteiger partial charge on any atom is 0.265 e. The number of nitrogens with one attached hydrogen (secondary N) is 1. The van der Waals surface area contributed by atoms with Gasteiger partial charge in [-0.25, -0.2) is 4.39 Å². The number of amides is 2. The van der Waals surface area contributed by atoms with Crippen molar-refractivity contribution < 1.29 is 18.7 Å². The van der Waals surface area contributed by atoms with Gasteiger partial charge in [0.2, 0.25) is 0 Å². The van der Waals surface area contributed by atoms with Gasteiger partial charge in [0.05, 0.1) is 22.3 Å². The third kappa shape index (κ3) is 4.10. The number of carbonyl (C=O) groups excluding carboxylic acids is 2. The smallest absolute Gasteiger partial charge is 0.265 e. The van der Waals surface area contributed by atoms with Gasteiger partial charge in [-0.15, -0.1) is 0 Å². The first kappa shape index (κ1) is 20.2. The van der Waals surface area contributed by atoms with Crippen LogP contribution in [0.15, 0.2) is 60.7 Å². The quantitative estimate of drug-likeness (QED) is 0.592. The molecule has 5 nitrogen and oxygen atoms in total. The van der Waals surface area contributed by atoms with Gasteiger partial charge in [-0.05, 0) is 42.5 Å². The van der Waals surface area contributed by atoms with Gasteiger partial charge in [-0.2, -0.15) is 0 Å². The largest absolute Gasteiger partial charge is 0.482 e. The van der Waals surface area contributed by atoms with Crippen LogP contribution in [-0.4, -0.2) is 18.4 Å². The maximum atomic E-state index is 14.1. The van der Waals surface area contributed by atoms with Crippen molar-refractivity contribution in [1.82, 2.24) is 0 Å². The van der Waals surface area contributed by atoms with Crippen LogP contribution in [0.4, 0.5) is 15.8 Å². The molecule has 0 unspecified atom stereocenters. The van der Waals surface area contributed by atoms with E-state index >= 15 is 0 Å². The number of halogens is 3. The summed E-state index contributed by atoms with van der Waals surface area (Å²) < 4.78 is 19.6. The maximum absolute atomic E-state index is 14.1. The first-order valence-electron chi connectivity index (χ1n) is 8.99. The van der Waals surface area contributed by atoms with E-state index in [2.05, 4.69) is 5.32 Å². The average Bonchev–Trinajstić information content (AvgIpc) is 2.73. The fraction of sp³-hybridized carbons (Fsp3) is 0.0909. The lowest BCUT2D eigenvalue weighted by molar-refractivity contribution is -0.121. The Balaban J connectivity index is 1.61. The molecular weight excluding hydrogens is 430 g/mol. The Morgan fingerprint density at radius 3 is 2.63 bits per heavy atom. The Morgan fingerprint density at radius 2 is 1.87 bits per heavy atom. The van der Waals surface area contributed by atoms with Crippen LogP contribution in [0, 0.1) is 5.82 Å². The van der Waals surface area contributed by atoms with Crippen molar-refractivity contribution in [3.63, 3.8) is 0 Å². The third-order valence-corrected chi connectivity index (χ3v) is 5.37. The van der Waals surface area contributed by atoms with Crippen LogP contribution in [0.5, 0.6) is 5.75 Å². The van der Waals surface area contributed by atoms with Gasteiger partial charge in [-0.3, -0.25) is 9.59 Å². The van der Waals surface area contributed by atoms with Crippen molar-refractivity contribution in [2.24, 2.45) is 0 Å². The molecule has 0 fully saturated rings. The van der Waals surface area contributed by atoms with Crippen LogP contribution < -0.4 is 15.0 Å². The van der Waals surface area contributed by atoms with Gasteiger partial charge < -0.3 is 15.0 Å². The molecule has 0 saturated carbocycles. The van der Waals surface area contributed by atoms with Gasteiger partial charge in [0, 0.05) is 16.8 Å². The Bertz CT molecular complexity index is 1150. The Kier molecular flexibility index (Phi) is 5.61. The third-order valence-electron chi connectivity index (χ3n) is 4.63. The summed E-state index contributed by atoms with van der Waals surface area (Å²) in [5.41, 5.74) is 1.60. The lowest BCUT2D eigenvalue weighted by Gasteiger charge is -2.30. The lowest BCUT2D eigenvalue weighted by atomic mass is 10.1. The van der Waals surface area contributed by atoms with E-state index in [0.717, 1.165) is 0 Å². The van der Waals surface area contributed by atoms with E-state index < -0.39 is 11.7 Å². The molecule has 1 aliphatic rings. The summed E-state index contributed by atoms with van der Waals surface area (Å²) in [6, 6.07) is 15.7. The van der Waals surface area contributed by atoms with E-state index in [-0.39, 0.29) is 24.1 Å². The Labute approximate surface area is 182 Å². The molecule has 1 N–H and O–H groups in total. The second-order valence-electron chi connectivity index (χ2n) is 6.63. The summed E-state index contributed by atoms with van der Waals surface area (Å²) >= 11 is 11.9. The molecule has 0 aliphatic carbocycles. The highest BCUT2D eigenvalue weighted by molar-refractivity contribution is 6.42. The summed E-state index contributed by atoms with van der Waals surface area (Å²) in [7, 11) is 0. The summed E-state index contributed by atoms with van der Waals surface area (Å²) in [6.45, 7) is -0.0948. The molecule has 3 aromatic rings. The first-order chi connectivity index (χ1) is 14.4. The molecule has 0 saturated heterocycles. The van der Waals surface area contributed by atoms with E-state index in [1.165, 1.54) is 23.1 Å². The number of hydrogen-bond donors (Lipinski definition) is 1. The zero-order chi connectivity index (χ0) is 21.3. The molecule has 4 rings (SSSR count). The number of rotatable bonds is 4. The van der Waals surface area contributed by atoms with Crippen molar-refractivity contribution >= 4 is 46.4 Å². The molecule has 1 aliphatic heterocycles. The highest BCUT2D eigenvalue weighted by Crippen LogP contribution is 2.36. The second kappa shape index (κ2) is 8.34. The Morgan fingerprint density at radius 1 is 1.07 bits per heavy atom. The molecule has 2 amide bonds. The minimum absolute atomic E-state index is 0.0477. The summed E-state index contributed by atoms with van der Waals surface area (Å²) in [4.78, 5) is 26.5. The Hall–Kier alpha value is -3.09. The SMILES string of the molecule is O=C(Nc1ccc2c(c1)N(Cc1ccccc1F)C(=O)CO2)c1ccc(Cl)c(Cl)c1. The average molecular weight is 445 g/mol. The number of hydrogen-bond acceptors (Lipinski definition) is 3. The molecule has 0 bridgehead atoms. The summed E-state index contributed by atoms with van der Waals surface area (Å²) in [5.74, 6) is -0.628. The monoisotopic (exact) mass is 444 g/mol. The molecule has 1 heterocycles. The van der Waals surface area contributed by atoms with E-state index in [4.69, 9.17) is 27.9 Å². The van der Waals surface area contributed by atoms with Crippen LogP contribution in [0.3, 0.4) is 0 Å². The molecule has 0 atom stereocenters. The highest BCUT2D eigenvalue weighted by Gasteiger charge is 2.27. The molecule has 152 valence electrons. The minimum atomic E-state index is -0.401. The van der Waals surface area contributed by atoms with Crippen LogP contribution in [0.1, 0.15) is 15.9 Å². The van der Waals surface area contributed by atoms with E-state index in [1.807, 2.05) is 0 Å². The lowest BCUT2D eigenvalue weighted by Crippen LogP contribution is -2.38. The second-order valence-corrected chi connectivity index (χ2v) is 7.44. The standard InChI is InChI=1S/C22H15Cl2FN2O3/c23-16-7-5-13(9-17(16)24)22(29)26-15-6-8-20-19(10-15)27(21(28)12-30-20)11-14-3-1-2-4-18(14)25/h1-10H,11-12H2,(H,26,29). The number of ether oxygens (including phenoxy) is 1. The van der Waals surface area contributed by atoms with Gasteiger partial charge >= 0.3 is 0 Å². The minimum Gasteiger partial charge on any atom is -0.482 e. The topological polar surface area (TPSA) is 58.6 Å². The van der Waals surface area contributed by atoms with Gasteiger partial charge in [0.1, 0.15) is 11.6 Å². The summed E-state index contributed by atoms with van der Waals surface area (Å²) in [6.07, 6.45) is 0. The van der Waals surface area contributed by atoms with E-state index in [9.17, 15) is 14.0 Å². The fourth-order valence-electron chi connectivity index (χ4n) is 3.09. The van der Waals surface area contributed by atoms with E-state index in [1.54, 1.807) is 42.5 Å². The predicted molar refractivity (Wildman–Crippen MR) is 114 cm³/mol. The van der Waals surface area contributed by atoms with Crippen molar-refractivity contribution in [1.29, 1.82) is 0 Å². The van der Waals surface area contributed by atoms with Gasteiger partial charge in [0.15, 0.2) is 6.61 Å². The number of nitrogens with zero attached hydrogens (tertiary/aromatic N) is 1. The van der Waals surface area contributed by atoms with Crippen molar-refractivity contribution in [3.8, 4) is 5.75 Å². The predicted octanol–water partition coefficient (Wildman–Crippen LogP) is 5.31. The zero-order valence-corrected chi connectivity index (χ0v) is 17.0. The van der Waals surface area contributed by atoms with Crippen molar-refractivity contribution in [2.45, 2.75) is 6.54 Å². The number of carbonyl (C=O) groups is 2. The van der Waals surface area contributed by atoms with Crippen molar-refractivity contribution in [3.05, 3.63) is 87.7 Å². The van der Waals surface area contributed by atoms with Gasteiger partial charge in [0.25, 0.3) is 11.8 Å². The molecule has 30 heavy (non-hydrogen) atoms. The van der Waals surface area contributed by atoms with Gasteiger partial charge in [-0.1, -0.05) is 41.4 Å². The molecule has 0 spiro atoms. The molecule has 0 radical (unpaired) electrons. The zero-order valence-electron chi connectivity index (χ0n) is 15.5. The van der Waals surface area contributed by atoms with Crippen LogP contribution in [0.2, 0.25) is 10.0 Å². The molecular formula is C22H15Cl2FN2O3. The normalized spacial score (nSPS) is 12.9. The summed E-state index contributed by atoms with van der Waals surface area (Å²) in [5, 5.41) is 3.37. The van der Waals surface area contributed by atoms with Crippen LogP contribution in [-0.2, 0) is 11.3 Å². The molecule has 3 aromatic carbocycles. The van der Waals surface area contributed by atoms with Crippen molar-refractivity contribution in [2.75, 3.05) is 16.8 Å². The fourth-order valence-corrected chi connectivity index (χ4v) is 3.39. The first-order valence-corrected chi connectivity index (χ1v) is 9.75. The van der Waals surface area contributed by atoms with E-state index in [0.29, 0.717) is 33.3 Å². The molecule has 8 heteroatoms. The highest BCUT2D eigenvalue weighted by atomic mass is 35.5. The number of anilines is 2. The number of benzene rings is 3. The van der Waals surface area contributed by atoms with Crippen LogP contribution in [0.25, 0.3) is 0 Å². The molecule has 0 aromatic heterocycles.